The number of benzene rings is 2. The molecule has 6 nitrogen and oxygen atoms in total. The molecule has 6 heteroatoms. The quantitative estimate of drug-likeness (QED) is 0.654. The lowest BCUT2D eigenvalue weighted by Gasteiger charge is -2.12. The number of anilines is 1. The van der Waals surface area contributed by atoms with E-state index >= 15 is 0 Å². The van der Waals surface area contributed by atoms with Crippen molar-refractivity contribution in [2.75, 3.05) is 19.0 Å². The van der Waals surface area contributed by atoms with Crippen LogP contribution in [-0.2, 0) is 11.2 Å². The smallest absolute Gasteiger partial charge is 0.262 e. The van der Waals surface area contributed by atoms with Crippen LogP contribution in [0.2, 0.25) is 0 Å². The third kappa shape index (κ3) is 5.36. The van der Waals surface area contributed by atoms with Crippen molar-refractivity contribution >= 4 is 17.5 Å². The summed E-state index contributed by atoms with van der Waals surface area (Å²) in [5, 5.41) is 5.67. The largest absolute Gasteiger partial charge is 0.493 e. The van der Waals surface area contributed by atoms with Gasteiger partial charge in [-0.05, 0) is 55.2 Å². The molecule has 1 saturated carbocycles. The summed E-state index contributed by atoms with van der Waals surface area (Å²) >= 11 is 0. The first kappa shape index (κ1) is 19.5. The molecular weight excluding hydrogens is 356 g/mol. The summed E-state index contributed by atoms with van der Waals surface area (Å²) in [7, 11) is 1.55. The van der Waals surface area contributed by atoms with Gasteiger partial charge in [-0.15, -0.1) is 6.58 Å². The molecule has 3 rings (SSSR count). The summed E-state index contributed by atoms with van der Waals surface area (Å²) in [4.78, 5) is 24.4. The predicted molar refractivity (Wildman–Crippen MR) is 108 cm³/mol. The number of carbonyl (C=O) groups is 2. The van der Waals surface area contributed by atoms with E-state index in [1.807, 2.05) is 18.2 Å². The second-order valence-corrected chi connectivity index (χ2v) is 6.64. The average molecular weight is 380 g/mol. The zero-order valence-electron chi connectivity index (χ0n) is 15.9. The maximum absolute atomic E-state index is 12.2. The standard InChI is InChI=1S/C22H24N2O4/c1-3-5-15-8-11-19(20(12-15)27-2)28-14-21(25)23-18-7-4-6-16(13-18)22(26)24-17-9-10-17/h3-4,6-8,11-13,17H,1,5,9-10,14H2,2H3,(H,23,25)(H,24,26). The SMILES string of the molecule is C=CCc1ccc(OCC(=O)Nc2cccc(C(=O)NC3CC3)c2)c(OC)c1. The number of amides is 2. The molecule has 2 aromatic rings. The number of hydrogen-bond acceptors (Lipinski definition) is 4. The number of ether oxygens (including phenoxy) is 2. The zero-order chi connectivity index (χ0) is 19.9. The van der Waals surface area contributed by atoms with E-state index in [1.165, 1.54) is 0 Å². The molecule has 1 aliphatic carbocycles. The third-order valence-electron chi connectivity index (χ3n) is 4.29. The van der Waals surface area contributed by atoms with Gasteiger partial charge in [0.2, 0.25) is 0 Å². The molecular formula is C22H24N2O4. The molecule has 2 aromatic carbocycles. The van der Waals surface area contributed by atoms with Gasteiger partial charge in [-0.1, -0.05) is 18.2 Å². The summed E-state index contributed by atoms with van der Waals surface area (Å²) in [6, 6.07) is 12.7. The van der Waals surface area contributed by atoms with Gasteiger partial charge in [0.05, 0.1) is 7.11 Å². The Hall–Kier alpha value is -3.28. The van der Waals surface area contributed by atoms with Gasteiger partial charge in [0.25, 0.3) is 11.8 Å². The topological polar surface area (TPSA) is 76.7 Å². The van der Waals surface area contributed by atoms with Crippen LogP contribution in [0, 0.1) is 0 Å². The van der Waals surface area contributed by atoms with Crippen molar-refractivity contribution in [3.05, 3.63) is 66.2 Å². The van der Waals surface area contributed by atoms with Gasteiger partial charge in [0, 0.05) is 17.3 Å². The molecule has 0 bridgehead atoms. The summed E-state index contributed by atoms with van der Waals surface area (Å²) in [6.45, 7) is 3.55. The maximum Gasteiger partial charge on any atom is 0.262 e. The number of carbonyl (C=O) groups excluding carboxylic acids is 2. The van der Waals surface area contributed by atoms with Crippen molar-refractivity contribution < 1.29 is 19.1 Å². The van der Waals surface area contributed by atoms with E-state index in [2.05, 4.69) is 17.2 Å². The molecule has 0 atom stereocenters. The predicted octanol–water partition coefficient (Wildman–Crippen LogP) is 3.33. The van der Waals surface area contributed by atoms with E-state index in [0.717, 1.165) is 24.8 Å². The van der Waals surface area contributed by atoms with Gasteiger partial charge >= 0.3 is 0 Å². The van der Waals surface area contributed by atoms with E-state index in [4.69, 9.17) is 9.47 Å². The van der Waals surface area contributed by atoms with Crippen LogP contribution in [0.5, 0.6) is 11.5 Å². The molecule has 2 amide bonds. The van der Waals surface area contributed by atoms with Crippen molar-refractivity contribution in [2.45, 2.75) is 25.3 Å². The lowest BCUT2D eigenvalue weighted by molar-refractivity contribution is -0.118. The molecule has 0 radical (unpaired) electrons. The van der Waals surface area contributed by atoms with E-state index in [9.17, 15) is 9.59 Å². The fourth-order valence-corrected chi connectivity index (χ4v) is 2.70. The van der Waals surface area contributed by atoms with Crippen LogP contribution in [-0.4, -0.2) is 31.6 Å². The highest BCUT2D eigenvalue weighted by molar-refractivity contribution is 5.97. The second-order valence-electron chi connectivity index (χ2n) is 6.64. The first-order valence-electron chi connectivity index (χ1n) is 9.20. The maximum atomic E-state index is 12.2. The Morgan fingerprint density at radius 2 is 2.00 bits per heavy atom. The first-order chi connectivity index (χ1) is 13.6. The number of methoxy groups -OCH3 is 1. The van der Waals surface area contributed by atoms with Crippen molar-refractivity contribution in [3.8, 4) is 11.5 Å². The highest BCUT2D eigenvalue weighted by Crippen LogP contribution is 2.28. The van der Waals surface area contributed by atoms with E-state index in [1.54, 1.807) is 37.4 Å². The molecule has 0 aliphatic heterocycles. The molecule has 0 spiro atoms. The molecule has 1 fully saturated rings. The first-order valence-corrected chi connectivity index (χ1v) is 9.20. The molecule has 28 heavy (non-hydrogen) atoms. The van der Waals surface area contributed by atoms with E-state index in [-0.39, 0.29) is 24.5 Å². The van der Waals surface area contributed by atoms with Gasteiger partial charge in [-0.2, -0.15) is 0 Å². The highest BCUT2D eigenvalue weighted by Gasteiger charge is 2.23. The van der Waals surface area contributed by atoms with Crippen molar-refractivity contribution in [3.63, 3.8) is 0 Å². The summed E-state index contributed by atoms with van der Waals surface area (Å²) in [6.07, 6.45) is 4.58. The summed E-state index contributed by atoms with van der Waals surface area (Å²) in [5.74, 6) is 0.602. The fraction of sp³-hybridized carbons (Fsp3) is 0.273. The van der Waals surface area contributed by atoms with Crippen LogP contribution in [0.25, 0.3) is 0 Å². The van der Waals surface area contributed by atoms with Crippen LogP contribution < -0.4 is 20.1 Å². The minimum atomic E-state index is -0.322. The molecule has 0 aromatic heterocycles. The Balaban J connectivity index is 1.57. The fourth-order valence-electron chi connectivity index (χ4n) is 2.70. The number of hydrogen-bond donors (Lipinski definition) is 2. The number of allylic oxidation sites excluding steroid dienone is 1. The van der Waals surface area contributed by atoms with Crippen LogP contribution in [0.4, 0.5) is 5.69 Å². The van der Waals surface area contributed by atoms with Crippen molar-refractivity contribution in [2.24, 2.45) is 0 Å². The number of rotatable bonds is 9. The van der Waals surface area contributed by atoms with Crippen molar-refractivity contribution in [1.82, 2.24) is 5.32 Å². The molecule has 1 aliphatic rings. The summed E-state index contributed by atoms with van der Waals surface area (Å²) in [5.41, 5.74) is 2.11. The van der Waals surface area contributed by atoms with Gasteiger partial charge in [0.1, 0.15) is 0 Å². The van der Waals surface area contributed by atoms with Gasteiger partial charge in [-0.3, -0.25) is 9.59 Å². The second kappa shape index (κ2) is 9.08. The average Bonchev–Trinajstić information content (AvgIpc) is 3.51. The molecule has 2 N–H and O–H groups in total. The Labute approximate surface area is 164 Å². The van der Waals surface area contributed by atoms with E-state index < -0.39 is 0 Å². The Morgan fingerprint density at radius 3 is 2.71 bits per heavy atom. The third-order valence-corrected chi connectivity index (χ3v) is 4.29. The normalized spacial score (nSPS) is 12.8. The lowest BCUT2D eigenvalue weighted by Crippen LogP contribution is -2.25. The molecule has 0 saturated heterocycles. The zero-order valence-corrected chi connectivity index (χ0v) is 15.9. The minimum Gasteiger partial charge on any atom is -0.493 e. The van der Waals surface area contributed by atoms with Crippen LogP contribution >= 0.6 is 0 Å². The minimum absolute atomic E-state index is 0.126. The Bertz CT molecular complexity index is 875. The molecule has 0 heterocycles. The Morgan fingerprint density at radius 1 is 1.18 bits per heavy atom. The molecule has 146 valence electrons. The van der Waals surface area contributed by atoms with Crippen LogP contribution in [0.3, 0.4) is 0 Å². The van der Waals surface area contributed by atoms with Crippen LogP contribution in [0.1, 0.15) is 28.8 Å². The summed E-state index contributed by atoms with van der Waals surface area (Å²) < 4.78 is 10.9. The van der Waals surface area contributed by atoms with Crippen LogP contribution in [0.15, 0.2) is 55.1 Å². The molecule has 0 unspecified atom stereocenters. The van der Waals surface area contributed by atoms with Gasteiger partial charge < -0.3 is 20.1 Å². The van der Waals surface area contributed by atoms with Gasteiger partial charge in [-0.25, -0.2) is 0 Å². The number of nitrogens with one attached hydrogen (secondary N) is 2. The lowest BCUT2D eigenvalue weighted by atomic mass is 10.1. The van der Waals surface area contributed by atoms with Crippen molar-refractivity contribution in [1.29, 1.82) is 0 Å². The Kier molecular flexibility index (Phi) is 6.32. The van der Waals surface area contributed by atoms with Gasteiger partial charge in [0.15, 0.2) is 18.1 Å². The highest BCUT2D eigenvalue weighted by atomic mass is 16.5. The monoisotopic (exact) mass is 380 g/mol. The van der Waals surface area contributed by atoms with E-state index in [0.29, 0.717) is 22.7 Å².